The molecule has 4 rings (SSSR count). The Morgan fingerprint density at radius 3 is 2.96 bits per heavy atom. The van der Waals surface area contributed by atoms with Crippen LogP contribution in [-0.2, 0) is 0 Å². The molecular weight excluding hydrogens is 313 g/mol. The Labute approximate surface area is 146 Å². The highest BCUT2D eigenvalue weighted by Gasteiger charge is 2.23. The molecule has 0 N–H and O–H groups in total. The zero-order valence-corrected chi connectivity index (χ0v) is 14.4. The van der Waals surface area contributed by atoms with Gasteiger partial charge in [-0.1, -0.05) is 30.7 Å². The van der Waals surface area contributed by atoms with E-state index in [9.17, 15) is 4.39 Å². The highest BCUT2D eigenvalue weighted by Crippen LogP contribution is 2.41. The lowest BCUT2D eigenvalue weighted by atomic mass is 9.79. The SMILES string of the molecule is CCC1CC=CC(c2ccn3ncnc3c2)=C1c1cc(C)ccc1F. The van der Waals surface area contributed by atoms with Crippen molar-refractivity contribution in [3.8, 4) is 0 Å². The van der Waals surface area contributed by atoms with Gasteiger partial charge in [-0.05, 0) is 66.7 Å². The molecule has 1 aliphatic carbocycles. The molecule has 1 atom stereocenters. The lowest BCUT2D eigenvalue weighted by molar-refractivity contribution is 0.608. The number of benzene rings is 1. The van der Waals surface area contributed by atoms with E-state index in [-0.39, 0.29) is 5.82 Å². The summed E-state index contributed by atoms with van der Waals surface area (Å²) < 4.78 is 16.4. The lowest BCUT2D eigenvalue weighted by Crippen LogP contribution is -2.09. The van der Waals surface area contributed by atoms with Gasteiger partial charge in [0.15, 0.2) is 5.65 Å². The van der Waals surface area contributed by atoms with Crippen molar-refractivity contribution in [2.45, 2.75) is 26.7 Å². The number of hydrogen-bond donors (Lipinski definition) is 0. The van der Waals surface area contributed by atoms with Gasteiger partial charge in [0, 0.05) is 11.8 Å². The molecular formula is C21H20FN3. The van der Waals surface area contributed by atoms with Crippen LogP contribution in [0.15, 0.2) is 55.0 Å². The summed E-state index contributed by atoms with van der Waals surface area (Å²) in [6.07, 6.45) is 9.66. The van der Waals surface area contributed by atoms with Gasteiger partial charge in [-0.3, -0.25) is 0 Å². The molecule has 2 heterocycles. The third-order valence-corrected chi connectivity index (χ3v) is 4.90. The molecule has 0 spiro atoms. The maximum absolute atomic E-state index is 14.7. The standard InChI is InChI=1S/C21H20FN3/c1-3-15-5-4-6-17(16-9-10-25-20(12-16)23-13-24-25)21(15)18-11-14(2)7-8-19(18)22/h4,6-13,15H,3,5H2,1-2H3. The van der Waals surface area contributed by atoms with Crippen molar-refractivity contribution in [2.24, 2.45) is 5.92 Å². The molecule has 4 heteroatoms. The van der Waals surface area contributed by atoms with Crippen LogP contribution >= 0.6 is 0 Å². The van der Waals surface area contributed by atoms with Gasteiger partial charge in [0.25, 0.3) is 0 Å². The molecule has 3 nitrogen and oxygen atoms in total. The van der Waals surface area contributed by atoms with Crippen LogP contribution in [0.3, 0.4) is 0 Å². The van der Waals surface area contributed by atoms with Crippen LogP contribution in [0, 0.1) is 18.7 Å². The first-order valence-corrected chi connectivity index (χ1v) is 8.64. The second-order valence-corrected chi connectivity index (χ2v) is 6.53. The van der Waals surface area contributed by atoms with Gasteiger partial charge in [0.2, 0.25) is 0 Å². The van der Waals surface area contributed by atoms with Crippen molar-refractivity contribution in [3.63, 3.8) is 0 Å². The highest BCUT2D eigenvalue weighted by atomic mass is 19.1. The van der Waals surface area contributed by atoms with E-state index in [1.54, 1.807) is 16.9 Å². The maximum atomic E-state index is 14.7. The molecule has 0 aliphatic heterocycles. The molecule has 126 valence electrons. The van der Waals surface area contributed by atoms with Gasteiger partial charge in [-0.25, -0.2) is 13.9 Å². The van der Waals surface area contributed by atoms with Gasteiger partial charge in [0.1, 0.15) is 12.1 Å². The average Bonchev–Trinajstić information content (AvgIpc) is 3.11. The van der Waals surface area contributed by atoms with Crippen LogP contribution < -0.4 is 0 Å². The summed E-state index contributed by atoms with van der Waals surface area (Å²) in [5.41, 5.74) is 5.79. The van der Waals surface area contributed by atoms with E-state index in [4.69, 9.17) is 0 Å². The zero-order valence-electron chi connectivity index (χ0n) is 14.4. The van der Waals surface area contributed by atoms with Crippen LogP contribution in [0.4, 0.5) is 4.39 Å². The predicted octanol–water partition coefficient (Wildman–Crippen LogP) is 5.07. The molecule has 0 saturated carbocycles. The number of rotatable bonds is 3. The normalized spacial score (nSPS) is 17.5. The fourth-order valence-corrected chi connectivity index (χ4v) is 3.59. The monoisotopic (exact) mass is 333 g/mol. The van der Waals surface area contributed by atoms with Gasteiger partial charge in [-0.2, -0.15) is 5.10 Å². The van der Waals surface area contributed by atoms with Crippen molar-refractivity contribution >= 4 is 16.8 Å². The van der Waals surface area contributed by atoms with E-state index in [0.29, 0.717) is 11.5 Å². The fraction of sp³-hybridized carbons (Fsp3) is 0.238. The first-order chi connectivity index (χ1) is 12.2. The minimum Gasteiger partial charge on any atom is -0.221 e. The van der Waals surface area contributed by atoms with E-state index in [1.165, 1.54) is 0 Å². The van der Waals surface area contributed by atoms with E-state index in [2.05, 4.69) is 29.2 Å². The summed E-state index contributed by atoms with van der Waals surface area (Å²) >= 11 is 0. The van der Waals surface area contributed by atoms with Crippen molar-refractivity contribution in [1.29, 1.82) is 0 Å². The summed E-state index contributed by atoms with van der Waals surface area (Å²) in [4.78, 5) is 4.27. The smallest absolute Gasteiger partial charge is 0.155 e. The molecule has 0 bridgehead atoms. The summed E-state index contributed by atoms with van der Waals surface area (Å²) in [5, 5.41) is 4.15. The number of fused-ring (bicyclic) bond motifs is 1. The highest BCUT2D eigenvalue weighted by molar-refractivity contribution is 5.98. The number of aryl methyl sites for hydroxylation is 1. The summed E-state index contributed by atoms with van der Waals surface area (Å²) in [5.74, 6) is 0.154. The molecule has 1 aliphatic rings. The van der Waals surface area contributed by atoms with Crippen LogP contribution in [0.25, 0.3) is 16.8 Å². The molecule has 0 fully saturated rings. The van der Waals surface area contributed by atoms with Crippen LogP contribution in [-0.4, -0.2) is 14.6 Å². The topological polar surface area (TPSA) is 30.2 Å². The number of halogens is 1. The van der Waals surface area contributed by atoms with Gasteiger partial charge in [-0.15, -0.1) is 0 Å². The van der Waals surface area contributed by atoms with Crippen LogP contribution in [0.5, 0.6) is 0 Å². The fourth-order valence-electron chi connectivity index (χ4n) is 3.59. The molecule has 0 amide bonds. The Morgan fingerprint density at radius 1 is 1.24 bits per heavy atom. The van der Waals surface area contributed by atoms with Gasteiger partial charge in [0.05, 0.1) is 0 Å². The summed E-state index contributed by atoms with van der Waals surface area (Å²) in [7, 11) is 0. The number of allylic oxidation sites excluding steroid dienone is 4. The molecule has 3 aromatic rings. The van der Waals surface area contributed by atoms with Gasteiger partial charge < -0.3 is 0 Å². The molecule has 25 heavy (non-hydrogen) atoms. The Hall–Kier alpha value is -2.75. The van der Waals surface area contributed by atoms with E-state index in [1.807, 2.05) is 37.4 Å². The Balaban J connectivity index is 1.97. The van der Waals surface area contributed by atoms with Crippen molar-refractivity contribution in [1.82, 2.24) is 14.6 Å². The second kappa shape index (κ2) is 6.28. The number of hydrogen-bond acceptors (Lipinski definition) is 2. The Bertz CT molecular complexity index is 997. The minimum atomic E-state index is -0.157. The molecule has 2 aromatic heterocycles. The number of aromatic nitrogens is 3. The molecule has 1 aromatic carbocycles. The third kappa shape index (κ3) is 2.78. The third-order valence-electron chi connectivity index (χ3n) is 4.90. The Morgan fingerprint density at radius 2 is 2.12 bits per heavy atom. The average molecular weight is 333 g/mol. The van der Waals surface area contributed by atoms with E-state index in [0.717, 1.165) is 40.8 Å². The number of pyridine rings is 1. The van der Waals surface area contributed by atoms with Crippen LogP contribution in [0.1, 0.15) is 36.5 Å². The van der Waals surface area contributed by atoms with Gasteiger partial charge >= 0.3 is 0 Å². The molecule has 0 radical (unpaired) electrons. The Kier molecular flexibility index (Phi) is 3.96. The zero-order chi connectivity index (χ0) is 17.4. The maximum Gasteiger partial charge on any atom is 0.155 e. The summed E-state index contributed by atoms with van der Waals surface area (Å²) in [6, 6.07) is 9.39. The molecule has 1 unspecified atom stereocenters. The van der Waals surface area contributed by atoms with E-state index < -0.39 is 0 Å². The van der Waals surface area contributed by atoms with Crippen molar-refractivity contribution < 1.29 is 4.39 Å². The minimum absolute atomic E-state index is 0.157. The van der Waals surface area contributed by atoms with E-state index >= 15 is 0 Å². The summed E-state index contributed by atoms with van der Waals surface area (Å²) in [6.45, 7) is 4.17. The van der Waals surface area contributed by atoms with Crippen molar-refractivity contribution in [3.05, 3.63) is 77.5 Å². The van der Waals surface area contributed by atoms with Crippen LogP contribution in [0.2, 0.25) is 0 Å². The van der Waals surface area contributed by atoms with Crippen molar-refractivity contribution in [2.75, 3.05) is 0 Å². The quantitative estimate of drug-likeness (QED) is 0.669. The number of nitrogens with zero attached hydrogens (tertiary/aromatic N) is 3. The first kappa shape index (κ1) is 15.8. The largest absolute Gasteiger partial charge is 0.221 e. The predicted molar refractivity (Wildman–Crippen MR) is 98.5 cm³/mol. The lowest BCUT2D eigenvalue weighted by Gasteiger charge is -2.26. The first-order valence-electron chi connectivity index (χ1n) is 8.64. The molecule has 0 saturated heterocycles. The second-order valence-electron chi connectivity index (χ2n) is 6.53.